The van der Waals surface area contributed by atoms with Gasteiger partial charge in [0.15, 0.2) is 0 Å². The molecule has 0 N–H and O–H groups in total. The zero-order valence-corrected chi connectivity index (χ0v) is 16.6. The van der Waals surface area contributed by atoms with Crippen LogP contribution in [-0.2, 0) is 12.8 Å². The van der Waals surface area contributed by atoms with Crippen molar-refractivity contribution in [1.29, 1.82) is 0 Å². The summed E-state index contributed by atoms with van der Waals surface area (Å²) in [5.41, 5.74) is 4.28. The molecule has 0 saturated carbocycles. The number of rotatable bonds is 6. The molecule has 0 aliphatic carbocycles. The van der Waals surface area contributed by atoms with Gasteiger partial charge in [-0.3, -0.25) is 0 Å². The molecule has 0 amide bonds. The summed E-state index contributed by atoms with van der Waals surface area (Å²) in [6.45, 7) is 13.8. The zero-order chi connectivity index (χ0) is 18.9. The highest BCUT2D eigenvalue weighted by Crippen LogP contribution is 2.31. The van der Waals surface area contributed by atoms with Gasteiger partial charge < -0.3 is 0 Å². The molecule has 0 aliphatic rings. The predicted molar refractivity (Wildman–Crippen MR) is 119 cm³/mol. The summed E-state index contributed by atoms with van der Waals surface area (Å²) >= 11 is 0. The third-order valence-corrected chi connectivity index (χ3v) is 4.94. The van der Waals surface area contributed by atoms with Gasteiger partial charge in [0.25, 0.3) is 0 Å². The van der Waals surface area contributed by atoms with Crippen molar-refractivity contribution < 1.29 is 0 Å². The van der Waals surface area contributed by atoms with Gasteiger partial charge in [0, 0.05) is 0 Å². The van der Waals surface area contributed by atoms with Gasteiger partial charge in [-0.2, -0.15) is 0 Å². The molecule has 0 nitrogen and oxygen atoms in total. The molecule has 0 heterocycles. The van der Waals surface area contributed by atoms with Crippen LogP contribution in [0, 0.1) is 0 Å². The van der Waals surface area contributed by atoms with E-state index in [-0.39, 0.29) is 0 Å². The van der Waals surface area contributed by atoms with Gasteiger partial charge in [-0.1, -0.05) is 80.6 Å². The van der Waals surface area contributed by atoms with Gasteiger partial charge in [-0.25, -0.2) is 0 Å². The lowest BCUT2D eigenvalue weighted by molar-refractivity contribution is 0.793. The maximum Gasteiger partial charge on any atom is -0.00733 e. The summed E-state index contributed by atoms with van der Waals surface area (Å²) in [6, 6.07) is 18.0. The van der Waals surface area contributed by atoms with E-state index in [2.05, 4.69) is 75.5 Å². The monoisotopic (exact) mass is 344 g/mol. The minimum absolute atomic E-state index is 1.08. The second-order valence-corrected chi connectivity index (χ2v) is 6.81. The molecule has 3 rings (SSSR count). The van der Waals surface area contributed by atoms with E-state index in [1.165, 1.54) is 44.7 Å². The van der Waals surface area contributed by atoms with E-state index in [1.807, 2.05) is 6.92 Å². The fourth-order valence-corrected chi connectivity index (χ4v) is 3.51. The van der Waals surface area contributed by atoms with E-state index in [0.717, 1.165) is 25.7 Å². The first-order valence-electron chi connectivity index (χ1n) is 9.82. The molecule has 3 aromatic carbocycles. The molecule has 0 atom stereocenters. The minimum atomic E-state index is 1.08. The van der Waals surface area contributed by atoms with Crippen LogP contribution in [0.5, 0.6) is 0 Å². The van der Waals surface area contributed by atoms with Gasteiger partial charge in [0.05, 0.1) is 0 Å². The van der Waals surface area contributed by atoms with Gasteiger partial charge in [0.1, 0.15) is 0 Å². The van der Waals surface area contributed by atoms with Gasteiger partial charge >= 0.3 is 0 Å². The lowest BCUT2D eigenvalue weighted by atomic mass is 9.92. The quantitative estimate of drug-likeness (QED) is 0.313. The summed E-state index contributed by atoms with van der Waals surface area (Å²) in [5, 5.41) is 5.62. The van der Waals surface area contributed by atoms with Crippen molar-refractivity contribution in [2.75, 3.05) is 0 Å². The molecule has 0 saturated heterocycles. The first kappa shape index (κ1) is 20.0. The maximum absolute atomic E-state index is 4.13. The smallest absolute Gasteiger partial charge is 0.00733 e. The third-order valence-electron chi connectivity index (χ3n) is 4.94. The molecular formula is C26H32. The molecule has 136 valence electrons. The van der Waals surface area contributed by atoms with Crippen molar-refractivity contribution in [2.24, 2.45) is 0 Å². The summed E-state index contributed by atoms with van der Waals surface area (Å²) in [4.78, 5) is 0. The molecule has 0 aliphatic heterocycles. The van der Waals surface area contributed by atoms with Crippen LogP contribution in [0.15, 0.2) is 73.3 Å². The standard InChI is InChI=1S/C23H26.C3H6/c1-4-17(3)9-6-11-19-12-8-14-22-21(19)16-15-20-13-7-10-18(5-2)23(20)22;1-3-2/h7-8,10,12-16H,3-6,9,11H2,1-2H3;3H,1H2,2H3. The van der Waals surface area contributed by atoms with Gasteiger partial charge in [0.2, 0.25) is 0 Å². The van der Waals surface area contributed by atoms with Crippen LogP contribution in [0.2, 0.25) is 0 Å². The van der Waals surface area contributed by atoms with Crippen molar-refractivity contribution in [2.45, 2.75) is 52.9 Å². The highest BCUT2D eigenvalue weighted by molar-refractivity contribution is 6.10. The number of hydrogen-bond acceptors (Lipinski definition) is 0. The molecule has 26 heavy (non-hydrogen) atoms. The largest absolute Gasteiger partial charge is 0.103 e. The van der Waals surface area contributed by atoms with Crippen LogP contribution in [0.4, 0.5) is 0 Å². The maximum atomic E-state index is 4.13. The van der Waals surface area contributed by atoms with Gasteiger partial charge in [-0.05, 0) is 71.7 Å². The molecule has 0 fully saturated rings. The lowest BCUT2D eigenvalue weighted by Gasteiger charge is -2.12. The Morgan fingerprint density at radius 3 is 2.31 bits per heavy atom. The van der Waals surface area contributed by atoms with Crippen LogP contribution in [0.25, 0.3) is 21.5 Å². The van der Waals surface area contributed by atoms with E-state index in [1.54, 1.807) is 6.08 Å². The second kappa shape index (κ2) is 9.97. The first-order chi connectivity index (χ1) is 12.7. The number of fused-ring (bicyclic) bond motifs is 3. The summed E-state index contributed by atoms with van der Waals surface area (Å²) in [5.74, 6) is 0. The van der Waals surface area contributed by atoms with Crippen LogP contribution in [-0.4, -0.2) is 0 Å². The Hall–Kier alpha value is -2.34. The summed E-state index contributed by atoms with van der Waals surface area (Å²) < 4.78 is 0. The Morgan fingerprint density at radius 2 is 1.62 bits per heavy atom. The molecule has 0 heteroatoms. The minimum Gasteiger partial charge on any atom is -0.103 e. The Bertz CT molecular complexity index is 883. The average molecular weight is 345 g/mol. The average Bonchev–Trinajstić information content (AvgIpc) is 2.67. The highest BCUT2D eigenvalue weighted by atomic mass is 14.1. The van der Waals surface area contributed by atoms with Crippen LogP contribution < -0.4 is 0 Å². The molecular weight excluding hydrogens is 312 g/mol. The lowest BCUT2D eigenvalue weighted by Crippen LogP contribution is -1.91. The van der Waals surface area contributed by atoms with Crippen LogP contribution in [0.1, 0.15) is 51.2 Å². The first-order valence-corrected chi connectivity index (χ1v) is 9.82. The predicted octanol–water partition coefficient (Wildman–Crippen LogP) is 8.04. The van der Waals surface area contributed by atoms with Crippen LogP contribution in [0.3, 0.4) is 0 Å². The number of hydrogen-bond donors (Lipinski definition) is 0. The topological polar surface area (TPSA) is 0 Å². The molecule has 0 radical (unpaired) electrons. The van der Waals surface area contributed by atoms with Crippen molar-refractivity contribution in [1.82, 2.24) is 0 Å². The Labute approximate surface area is 159 Å². The second-order valence-electron chi connectivity index (χ2n) is 6.81. The normalized spacial score (nSPS) is 10.4. The SMILES string of the molecule is C=C(CC)CCCc1cccc2c1ccc1cccc(CC)c12.C=CC. The Morgan fingerprint density at radius 1 is 0.923 bits per heavy atom. The summed E-state index contributed by atoms with van der Waals surface area (Å²) in [7, 11) is 0. The molecule has 0 bridgehead atoms. The Balaban J connectivity index is 0.000000758. The van der Waals surface area contributed by atoms with Crippen molar-refractivity contribution >= 4 is 21.5 Å². The number of benzene rings is 3. The number of aryl methyl sites for hydroxylation is 2. The van der Waals surface area contributed by atoms with Crippen molar-refractivity contribution in [3.05, 3.63) is 84.5 Å². The third kappa shape index (κ3) is 4.64. The van der Waals surface area contributed by atoms with Crippen LogP contribution >= 0.6 is 0 Å². The van der Waals surface area contributed by atoms with E-state index in [0.29, 0.717) is 0 Å². The molecule has 0 aromatic heterocycles. The van der Waals surface area contributed by atoms with Crippen molar-refractivity contribution in [3.63, 3.8) is 0 Å². The van der Waals surface area contributed by atoms with E-state index in [4.69, 9.17) is 0 Å². The molecule has 0 spiro atoms. The zero-order valence-electron chi connectivity index (χ0n) is 16.6. The summed E-state index contributed by atoms with van der Waals surface area (Å²) in [6.07, 6.45) is 7.40. The van der Waals surface area contributed by atoms with Crippen molar-refractivity contribution in [3.8, 4) is 0 Å². The van der Waals surface area contributed by atoms with E-state index >= 15 is 0 Å². The molecule has 0 unspecified atom stereocenters. The number of allylic oxidation sites excluding steroid dienone is 2. The fraction of sp³-hybridized carbons (Fsp3) is 0.308. The van der Waals surface area contributed by atoms with E-state index < -0.39 is 0 Å². The fourth-order valence-electron chi connectivity index (χ4n) is 3.51. The van der Waals surface area contributed by atoms with E-state index in [9.17, 15) is 0 Å². The highest BCUT2D eigenvalue weighted by Gasteiger charge is 2.07. The van der Waals surface area contributed by atoms with Gasteiger partial charge in [-0.15, -0.1) is 6.58 Å². The molecule has 3 aromatic rings. The Kier molecular flexibility index (Phi) is 7.66.